The molecular weight excluding hydrogens is 156 g/mol. The Kier molecular flexibility index (Phi) is 2.63. The number of ether oxygens (including phenoxy) is 2. The van der Waals surface area contributed by atoms with Gasteiger partial charge in [0.2, 0.25) is 0 Å². The van der Waals surface area contributed by atoms with Gasteiger partial charge in [-0.05, 0) is 25.2 Å². The lowest BCUT2D eigenvalue weighted by molar-refractivity contribution is -0.119. The summed E-state index contributed by atoms with van der Waals surface area (Å²) in [5, 5.41) is 9.50. The van der Waals surface area contributed by atoms with Gasteiger partial charge in [0.25, 0.3) is 0 Å². The van der Waals surface area contributed by atoms with Gasteiger partial charge in [0.1, 0.15) is 6.10 Å². The molecule has 1 N–H and O–H groups in total. The first-order chi connectivity index (χ1) is 5.86. The summed E-state index contributed by atoms with van der Waals surface area (Å²) in [6, 6.07) is 0. The molecule has 1 aliphatic heterocycles. The van der Waals surface area contributed by atoms with E-state index >= 15 is 0 Å². The third-order valence-electron chi connectivity index (χ3n) is 2.51. The Labute approximate surface area is 72.7 Å². The van der Waals surface area contributed by atoms with Crippen molar-refractivity contribution in [2.75, 3.05) is 19.8 Å². The summed E-state index contributed by atoms with van der Waals surface area (Å²) >= 11 is 0. The minimum Gasteiger partial charge on any atom is -0.390 e. The molecule has 3 nitrogen and oxygen atoms in total. The molecule has 1 aliphatic carbocycles. The molecule has 1 heterocycles. The molecular formula is C9H16O3. The standard InChI is InChI=1S/C9H16O3/c10-8-3-4-11-6-9(8)12-5-7-1-2-7/h7-10H,1-6H2/t8-,9+/m0/s1. The summed E-state index contributed by atoms with van der Waals surface area (Å²) in [7, 11) is 0. The van der Waals surface area contributed by atoms with Gasteiger partial charge in [-0.25, -0.2) is 0 Å². The highest BCUT2D eigenvalue weighted by molar-refractivity contribution is 4.76. The van der Waals surface area contributed by atoms with Gasteiger partial charge in [0.05, 0.1) is 19.3 Å². The largest absolute Gasteiger partial charge is 0.390 e. The molecule has 3 heteroatoms. The fourth-order valence-electron chi connectivity index (χ4n) is 1.40. The van der Waals surface area contributed by atoms with Crippen LogP contribution in [0.25, 0.3) is 0 Å². The molecule has 1 saturated carbocycles. The number of aliphatic hydroxyl groups is 1. The van der Waals surface area contributed by atoms with Gasteiger partial charge >= 0.3 is 0 Å². The lowest BCUT2D eigenvalue weighted by Crippen LogP contribution is -2.39. The molecule has 0 aromatic heterocycles. The van der Waals surface area contributed by atoms with Gasteiger partial charge < -0.3 is 14.6 Å². The smallest absolute Gasteiger partial charge is 0.107 e. The van der Waals surface area contributed by atoms with E-state index in [4.69, 9.17) is 9.47 Å². The lowest BCUT2D eigenvalue weighted by atomic mass is 10.1. The van der Waals surface area contributed by atoms with Crippen LogP contribution in [0.2, 0.25) is 0 Å². The average molecular weight is 172 g/mol. The van der Waals surface area contributed by atoms with Crippen molar-refractivity contribution < 1.29 is 14.6 Å². The monoisotopic (exact) mass is 172 g/mol. The van der Waals surface area contributed by atoms with Gasteiger partial charge in [-0.2, -0.15) is 0 Å². The summed E-state index contributed by atoms with van der Waals surface area (Å²) in [5.41, 5.74) is 0. The van der Waals surface area contributed by atoms with Crippen LogP contribution in [0.15, 0.2) is 0 Å². The fourth-order valence-corrected chi connectivity index (χ4v) is 1.40. The van der Waals surface area contributed by atoms with Crippen LogP contribution in [0.4, 0.5) is 0 Å². The normalized spacial score (nSPS) is 36.8. The van der Waals surface area contributed by atoms with Crippen LogP contribution in [-0.2, 0) is 9.47 Å². The first-order valence-electron chi connectivity index (χ1n) is 4.73. The molecule has 0 spiro atoms. The van der Waals surface area contributed by atoms with Gasteiger partial charge in [-0.15, -0.1) is 0 Å². The molecule has 0 bridgehead atoms. The molecule has 0 aromatic rings. The zero-order valence-corrected chi connectivity index (χ0v) is 7.24. The summed E-state index contributed by atoms with van der Waals surface area (Å²) in [6.07, 6.45) is 2.93. The minimum atomic E-state index is -0.308. The van der Waals surface area contributed by atoms with Crippen LogP contribution in [-0.4, -0.2) is 37.1 Å². The summed E-state index contributed by atoms with van der Waals surface area (Å²) in [6.45, 7) is 2.05. The van der Waals surface area contributed by atoms with E-state index < -0.39 is 0 Å². The topological polar surface area (TPSA) is 38.7 Å². The molecule has 0 amide bonds. The van der Waals surface area contributed by atoms with E-state index in [-0.39, 0.29) is 12.2 Å². The van der Waals surface area contributed by atoms with E-state index in [2.05, 4.69) is 0 Å². The van der Waals surface area contributed by atoms with Crippen LogP contribution in [0, 0.1) is 5.92 Å². The van der Waals surface area contributed by atoms with Crippen molar-refractivity contribution >= 4 is 0 Å². The molecule has 1 saturated heterocycles. The van der Waals surface area contributed by atoms with Crippen LogP contribution in [0.1, 0.15) is 19.3 Å². The lowest BCUT2D eigenvalue weighted by Gasteiger charge is -2.27. The molecule has 70 valence electrons. The van der Waals surface area contributed by atoms with Crippen molar-refractivity contribution in [1.82, 2.24) is 0 Å². The van der Waals surface area contributed by atoms with Crippen molar-refractivity contribution in [2.45, 2.75) is 31.5 Å². The van der Waals surface area contributed by atoms with E-state index in [1.54, 1.807) is 0 Å². The number of rotatable bonds is 3. The predicted octanol–water partition coefficient (Wildman–Crippen LogP) is 0.563. The highest BCUT2D eigenvalue weighted by Gasteiger charge is 2.28. The van der Waals surface area contributed by atoms with Gasteiger partial charge in [-0.3, -0.25) is 0 Å². The average Bonchev–Trinajstić information content (AvgIpc) is 2.86. The SMILES string of the molecule is O[C@H]1CCOC[C@H]1OCC1CC1. The van der Waals surface area contributed by atoms with Gasteiger partial charge in [0, 0.05) is 6.61 Å². The first kappa shape index (κ1) is 8.48. The van der Waals surface area contributed by atoms with Crippen LogP contribution in [0.3, 0.4) is 0 Å². The van der Waals surface area contributed by atoms with Gasteiger partial charge in [-0.1, -0.05) is 0 Å². The molecule has 2 fully saturated rings. The Balaban J connectivity index is 1.68. The maximum atomic E-state index is 9.50. The molecule has 2 rings (SSSR count). The molecule has 0 radical (unpaired) electrons. The maximum Gasteiger partial charge on any atom is 0.107 e. The Bertz CT molecular complexity index is 145. The van der Waals surface area contributed by atoms with Gasteiger partial charge in [0.15, 0.2) is 0 Å². The molecule has 2 atom stereocenters. The van der Waals surface area contributed by atoms with Crippen molar-refractivity contribution in [2.24, 2.45) is 5.92 Å². The number of aliphatic hydroxyl groups excluding tert-OH is 1. The number of hydrogen-bond acceptors (Lipinski definition) is 3. The quantitative estimate of drug-likeness (QED) is 0.676. The third kappa shape index (κ3) is 2.19. The van der Waals surface area contributed by atoms with E-state index in [0.29, 0.717) is 13.2 Å². The molecule has 12 heavy (non-hydrogen) atoms. The van der Waals surface area contributed by atoms with E-state index in [9.17, 15) is 5.11 Å². The molecule has 2 aliphatic rings. The minimum absolute atomic E-state index is 0.0700. The Morgan fingerprint density at radius 2 is 2.17 bits per heavy atom. The molecule has 0 unspecified atom stereocenters. The third-order valence-corrected chi connectivity index (χ3v) is 2.51. The Morgan fingerprint density at radius 1 is 1.33 bits per heavy atom. The van der Waals surface area contributed by atoms with Crippen molar-refractivity contribution in [3.63, 3.8) is 0 Å². The predicted molar refractivity (Wildman–Crippen MR) is 43.9 cm³/mol. The van der Waals surface area contributed by atoms with E-state index in [0.717, 1.165) is 18.9 Å². The summed E-state index contributed by atoms with van der Waals surface area (Å²) in [5.74, 6) is 0.763. The second-order valence-corrected chi connectivity index (χ2v) is 3.75. The van der Waals surface area contributed by atoms with Crippen LogP contribution in [0.5, 0.6) is 0 Å². The highest BCUT2D eigenvalue weighted by Crippen LogP contribution is 2.29. The second kappa shape index (κ2) is 3.73. The van der Waals surface area contributed by atoms with Crippen molar-refractivity contribution in [3.8, 4) is 0 Å². The highest BCUT2D eigenvalue weighted by atomic mass is 16.5. The second-order valence-electron chi connectivity index (χ2n) is 3.75. The molecule has 0 aromatic carbocycles. The fraction of sp³-hybridized carbons (Fsp3) is 1.00. The zero-order valence-electron chi connectivity index (χ0n) is 7.24. The summed E-state index contributed by atoms with van der Waals surface area (Å²) in [4.78, 5) is 0. The Morgan fingerprint density at radius 3 is 2.83 bits per heavy atom. The van der Waals surface area contributed by atoms with Crippen LogP contribution < -0.4 is 0 Å². The first-order valence-corrected chi connectivity index (χ1v) is 4.73. The van der Waals surface area contributed by atoms with Crippen LogP contribution >= 0.6 is 0 Å². The van der Waals surface area contributed by atoms with Crippen molar-refractivity contribution in [1.29, 1.82) is 0 Å². The maximum absolute atomic E-state index is 9.50. The Hall–Kier alpha value is -0.120. The number of hydrogen-bond donors (Lipinski definition) is 1. The van der Waals surface area contributed by atoms with E-state index in [1.807, 2.05) is 0 Å². The van der Waals surface area contributed by atoms with E-state index in [1.165, 1.54) is 12.8 Å². The zero-order chi connectivity index (χ0) is 8.39. The van der Waals surface area contributed by atoms with Crippen molar-refractivity contribution in [3.05, 3.63) is 0 Å². The summed E-state index contributed by atoms with van der Waals surface area (Å²) < 4.78 is 10.8.